The Morgan fingerprint density at radius 2 is 1.82 bits per heavy atom. The van der Waals surface area contributed by atoms with Gasteiger partial charge in [-0.2, -0.15) is 13.2 Å². The molecule has 3 aromatic rings. The van der Waals surface area contributed by atoms with Crippen molar-refractivity contribution in [3.8, 4) is 5.88 Å². The van der Waals surface area contributed by atoms with Gasteiger partial charge in [-0.25, -0.2) is 23.4 Å². The second-order valence-electron chi connectivity index (χ2n) is 10.3. The molecule has 2 aliphatic rings. The highest BCUT2D eigenvalue weighted by atomic mass is 32.2. The van der Waals surface area contributed by atoms with E-state index < -0.39 is 21.8 Å². The number of pyridine rings is 1. The van der Waals surface area contributed by atoms with Crippen LogP contribution in [-0.2, 0) is 16.2 Å². The average molecular weight is 564 g/mol. The van der Waals surface area contributed by atoms with E-state index in [1.165, 1.54) is 36.8 Å². The van der Waals surface area contributed by atoms with Gasteiger partial charge in [-0.3, -0.25) is 4.72 Å². The summed E-state index contributed by atoms with van der Waals surface area (Å²) in [4.78, 5) is 14.5. The Kier molecular flexibility index (Phi) is 7.51. The molecule has 0 aliphatic heterocycles. The van der Waals surface area contributed by atoms with Crippen LogP contribution in [0.15, 0.2) is 59.9 Å². The van der Waals surface area contributed by atoms with E-state index in [0.29, 0.717) is 36.4 Å². The highest BCUT2D eigenvalue weighted by Crippen LogP contribution is 2.43. The smallest absolute Gasteiger partial charge is 0.416 e. The van der Waals surface area contributed by atoms with Crippen LogP contribution in [0.2, 0.25) is 0 Å². The van der Waals surface area contributed by atoms with Gasteiger partial charge in [-0.1, -0.05) is 18.2 Å². The van der Waals surface area contributed by atoms with Crippen LogP contribution in [0, 0.1) is 0 Å². The highest BCUT2D eigenvalue weighted by Gasteiger charge is 2.37. The molecule has 2 saturated carbocycles. The lowest BCUT2D eigenvalue weighted by molar-refractivity contribution is -0.137. The highest BCUT2D eigenvalue weighted by molar-refractivity contribution is 7.92. The molecule has 8 nitrogen and oxygen atoms in total. The molecule has 5 rings (SSSR count). The van der Waals surface area contributed by atoms with Gasteiger partial charge < -0.3 is 9.64 Å². The molecule has 1 aromatic carbocycles. The number of rotatable bonds is 8. The first-order valence-corrected chi connectivity index (χ1v) is 14.3. The maximum atomic E-state index is 13.3. The second-order valence-corrected chi connectivity index (χ2v) is 12.0. The zero-order valence-electron chi connectivity index (χ0n) is 21.6. The minimum absolute atomic E-state index is 0. The predicted molar refractivity (Wildman–Crippen MR) is 141 cm³/mol. The lowest BCUT2D eigenvalue weighted by atomic mass is 9.79. The number of nitrogens with one attached hydrogen (secondary N) is 1. The maximum absolute atomic E-state index is 13.3. The van der Waals surface area contributed by atoms with E-state index in [2.05, 4.69) is 19.7 Å². The molecule has 0 unspecified atom stereocenters. The first-order valence-electron chi connectivity index (χ1n) is 12.8. The molecule has 0 amide bonds. The largest absolute Gasteiger partial charge is 0.473 e. The van der Waals surface area contributed by atoms with Gasteiger partial charge >= 0.3 is 6.18 Å². The summed E-state index contributed by atoms with van der Waals surface area (Å²) < 4.78 is 74.9. The summed E-state index contributed by atoms with van der Waals surface area (Å²) in [5, 5.41) is 0. The minimum atomic E-state index is -4.38. The molecule has 39 heavy (non-hydrogen) atoms. The zero-order valence-corrected chi connectivity index (χ0v) is 22.4. The number of ether oxygens (including phenoxy) is 1. The fourth-order valence-electron chi connectivity index (χ4n) is 5.16. The van der Waals surface area contributed by atoms with E-state index in [-0.39, 0.29) is 36.1 Å². The first-order chi connectivity index (χ1) is 18.5. The number of sulfonamides is 1. The summed E-state index contributed by atoms with van der Waals surface area (Å²) in [7, 11) is -0.0743. The van der Waals surface area contributed by atoms with Crippen molar-refractivity contribution in [2.45, 2.75) is 67.2 Å². The van der Waals surface area contributed by atoms with Gasteiger partial charge in [0.05, 0.1) is 11.3 Å². The number of likely N-dealkylation sites (N-methyl/N-ethyl adjacent to an activating group) is 1. The van der Waals surface area contributed by atoms with Gasteiger partial charge in [-0.15, -0.1) is 0 Å². The number of hydrogen-bond acceptors (Lipinski definition) is 7. The molecule has 3 atom stereocenters. The summed E-state index contributed by atoms with van der Waals surface area (Å²) in [5.74, 6) is 0.507. The molecular formula is C27H32F3N5O3S. The summed E-state index contributed by atoms with van der Waals surface area (Å²) in [6.07, 6.45) is 1.69. The third kappa shape index (κ3) is 6.33. The van der Waals surface area contributed by atoms with Crippen molar-refractivity contribution in [3.05, 3.63) is 71.8 Å². The number of halogens is 3. The molecular weight excluding hydrogens is 531 g/mol. The fourth-order valence-corrected chi connectivity index (χ4v) is 6.40. The SMILES string of the molecule is CN(C)[C@H]1C[C@@H](c2cccc(C(F)(F)F)c2)CC[C@@H]1Oc1ccc(S(=O)(=O)Nc2ccncn2)c(C2CC2)n1.[HH]. The van der Waals surface area contributed by atoms with Crippen LogP contribution < -0.4 is 9.46 Å². The maximum Gasteiger partial charge on any atom is 0.416 e. The molecule has 2 aromatic heterocycles. The Bertz CT molecular complexity index is 1420. The standard InChI is InChI=1S/C27H30F3N5O3S.H2/c1-35(2)21-15-19(18-4-3-5-20(14-18)27(28,29)30)8-9-22(21)38-25-11-10-23(26(33-25)17-6-7-17)39(36,37)34-24-12-13-31-16-32-24;/h3-5,10-14,16-17,19,21-22H,6-9,15H2,1-2H3,(H,31,32,34);1H/t19-,21-,22-;/m0./s1. The lowest BCUT2D eigenvalue weighted by Crippen LogP contribution is -2.46. The van der Waals surface area contributed by atoms with Gasteiger partial charge in [0.15, 0.2) is 0 Å². The third-order valence-electron chi connectivity index (χ3n) is 7.31. The number of anilines is 1. The van der Waals surface area contributed by atoms with Crippen molar-refractivity contribution in [1.29, 1.82) is 0 Å². The van der Waals surface area contributed by atoms with Crippen molar-refractivity contribution in [1.82, 2.24) is 19.9 Å². The fraction of sp³-hybridized carbons (Fsp3) is 0.444. The van der Waals surface area contributed by atoms with Crippen molar-refractivity contribution >= 4 is 15.8 Å². The Morgan fingerprint density at radius 3 is 2.49 bits per heavy atom. The van der Waals surface area contributed by atoms with Gasteiger partial charge in [-0.05, 0) is 75.9 Å². The van der Waals surface area contributed by atoms with Crippen LogP contribution >= 0.6 is 0 Å². The lowest BCUT2D eigenvalue weighted by Gasteiger charge is -2.39. The number of alkyl halides is 3. The average Bonchev–Trinajstić information content (AvgIpc) is 3.74. The summed E-state index contributed by atoms with van der Waals surface area (Å²) in [6, 6.07) is 10.0. The Hall–Kier alpha value is -3.25. The monoisotopic (exact) mass is 563 g/mol. The van der Waals surface area contributed by atoms with Crippen LogP contribution in [0.1, 0.15) is 62.2 Å². The van der Waals surface area contributed by atoms with Crippen molar-refractivity contribution in [2.75, 3.05) is 18.8 Å². The summed E-state index contributed by atoms with van der Waals surface area (Å²) >= 11 is 0. The molecule has 0 spiro atoms. The van der Waals surface area contributed by atoms with Crippen molar-refractivity contribution in [2.24, 2.45) is 0 Å². The molecule has 1 N–H and O–H groups in total. The van der Waals surface area contributed by atoms with E-state index in [1.807, 2.05) is 19.0 Å². The molecule has 0 radical (unpaired) electrons. The van der Waals surface area contributed by atoms with Gasteiger partial charge in [0.25, 0.3) is 10.0 Å². The summed E-state index contributed by atoms with van der Waals surface area (Å²) in [5.41, 5.74) is 0.504. The number of aromatic nitrogens is 3. The number of nitrogens with zero attached hydrogens (tertiary/aromatic N) is 4. The quantitative estimate of drug-likeness (QED) is 0.389. The van der Waals surface area contributed by atoms with E-state index >= 15 is 0 Å². The minimum Gasteiger partial charge on any atom is -0.473 e. The van der Waals surface area contributed by atoms with Gasteiger partial charge in [0, 0.05) is 25.6 Å². The van der Waals surface area contributed by atoms with E-state index in [9.17, 15) is 21.6 Å². The number of hydrogen-bond donors (Lipinski definition) is 1. The molecule has 0 saturated heterocycles. The Balaban J connectivity index is 0.00000370. The van der Waals surface area contributed by atoms with Gasteiger partial charge in [0.2, 0.25) is 5.88 Å². The van der Waals surface area contributed by atoms with Crippen LogP contribution in [0.3, 0.4) is 0 Å². The van der Waals surface area contributed by atoms with Crippen molar-refractivity contribution in [3.63, 3.8) is 0 Å². The third-order valence-corrected chi connectivity index (χ3v) is 8.71. The Morgan fingerprint density at radius 1 is 1.05 bits per heavy atom. The zero-order chi connectivity index (χ0) is 27.8. The second kappa shape index (κ2) is 10.7. The molecule has 0 bridgehead atoms. The molecule has 210 valence electrons. The van der Waals surface area contributed by atoms with Crippen LogP contribution in [-0.4, -0.2) is 54.5 Å². The van der Waals surface area contributed by atoms with E-state index in [0.717, 1.165) is 18.9 Å². The molecule has 2 heterocycles. The molecule has 2 fully saturated rings. The van der Waals surface area contributed by atoms with E-state index in [4.69, 9.17) is 4.74 Å². The van der Waals surface area contributed by atoms with Crippen LogP contribution in [0.4, 0.5) is 19.0 Å². The molecule has 12 heteroatoms. The predicted octanol–water partition coefficient (Wildman–Crippen LogP) is 5.46. The first kappa shape index (κ1) is 27.3. The normalized spacial score (nSPS) is 22.1. The molecule has 2 aliphatic carbocycles. The topological polar surface area (TPSA) is 97.3 Å². The van der Waals surface area contributed by atoms with Gasteiger partial charge in [0.1, 0.15) is 23.1 Å². The summed E-state index contributed by atoms with van der Waals surface area (Å²) in [6.45, 7) is 0. The van der Waals surface area contributed by atoms with Crippen molar-refractivity contribution < 1.29 is 27.8 Å². The van der Waals surface area contributed by atoms with Crippen LogP contribution in [0.25, 0.3) is 0 Å². The van der Waals surface area contributed by atoms with E-state index in [1.54, 1.807) is 12.1 Å². The Labute approximate surface area is 227 Å². The number of benzene rings is 1. The van der Waals surface area contributed by atoms with Crippen LogP contribution in [0.5, 0.6) is 5.88 Å².